The van der Waals surface area contributed by atoms with Gasteiger partial charge in [0.25, 0.3) is 5.91 Å². The molecule has 1 aliphatic heterocycles. The quantitative estimate of drug-likeness (QED) is 0.592. The number of benzene rings is 1. The Balaban J connectivity index is 1.64. The lowest BCUT2D eigenvalue weighted by atomic mass is 10.1. The summed E-state index contributed by atoms with van der Waals surface area (Å²) in [5.74, 6) is -0.898. The van der Waals surface area contributed by atoms with E-state index in [0.29, 0.717) is 0 Å². The lowest BCUT2D eigenvalue weighted by Crippen LogP contribution is -2.37. The first-order valence-corrected chi connectivity index (χ1v) is 7.15. The van der Waals surface area contributed by atoms with Crippen molar-refractivity contribution < 1.29 is 27.9 Å². The van der Waals surface area contributed by atoms with Gasteiger partial charge in [0.1, 0.15) is 12.3 Å². The molecule has 0 radical (unpaired) electrons. The van der Waals surface area contributed by atoms with Crippen LogP contribution in [0.1, 0.15) is 23.2 Å². The summed E-state index contributed by atoms with van der Waals surface area (Å²) in [4.78, 5) is 38.6. The highest BCUT2D eigenvalue weighted by atomic mass is 19.3. The number of urea groups is 1. The van der Waals surface area contributed by atoms with E-state index in [4.69, 9.17) is 0 Å². The van der Waals surface area contributed by atoms with Crippen molar-refractivity contribution >= 4 is 17.7 Å². The molecule has 1 saturated heterocycles. The molecule has 122 valence electrons. The van der Waals surface area contributed by atoms with Gasteiger partial charge >= 0.3 is 12.6 Å². The molecule has 1 saturated carbocycles. The molecule has 0 spiro atoms. The number of carbonyl (C=O) groups is 3. The number of hydrogen-bond acceptors (Lipinski definition) is 4. The van der Waals surface area contributed by atoms with Crippen molar-refractivity contribution in [3.05, 3.63) is 29.8 Å². The minimum absolute atomic E-state index is 0.0119. The van der Waals surface area contributed by atoms with Gasteiger partial charge in [-0.05, 0) is 37.1 Å². The van der Waals surface area contributed by atoms with E-state index in [2.05, 4.69) is 4.74 Å². The van der Waals surface area contributed by atoms with Crippen molar-refractivity contribution in [3.63, 3.8) is 0 Å². The lowest BCUT2D eigenvalue weighted by molar-refractivity contribution is -0.125. The Morgan fingerprint density at radius 3 is 2.43 bits per heavy atom. The average molecular weight is 324 g/mol. The normalized spacial score (nSPS) is 18.0. The highest BCUT2D eigenvalue weighted by molar-refractivity contribution is 6.08. The Bertz CT molecular complexity index is 643. The number of amides is 3. The maximum absolute atomic E-state index is 12.2. The summed E-state index contributed by atoms with van der Waals surface area (Å²) in [5, 5.41) is 0. The number of nitrogens with zero attached hydrogens (tertiary/aromatic N) is 2. The number of Topliss-reactive ketones (excluding diaryl/α,β-unsaturated/α-hetero) is 1. The van der Waals surface area contributed by atoms with Crippen LogP contribution < -0.4 is 4.74 Å². The molecule has 2 aliphatic rings. The summed E-state index contributed by atoms with van der Waals surface area (Å²) < 4.78 is 28.3. The van der Waals surface area contributed by atoms with Gasteiger partial charge in [-0.3, -0.25) is 14.5 Å². The molecule has 3 amide bonds. The second-order valence-corrected chi connectivity index (χ2v) is 5.45. The zero-order valence-corrected chi connectivity index (χ0v) is 12.1. The fourth-order valence-electron chi connectivity index (χ4n) is 2.44. The fraction of sp³-hybridized carbons (Fsp3) is 0.400. The molecule has 0 atom stereocenters. The van der Waals surface area contributed by atoms with Crippen LogP contribution in [0.3, 0.4) is 0 Å². The highest BCUT2D eigenvalue weighted by Gasteiger charge is 2.44. The SMILES string of the molecule is O=C(CN1C(=O)CN(C2CC2)C1=O)c1ccc(OC(F)F)cc1. The summed E-state index contributed by atoms with van der Waals surface area (Å²) in [7, 11) is 0. The molecular formula is C15H14F2N2O4. The van der Waals surface area contributed by atoms with Gasteiger partial charge in [-0.25, -0.2) is 4.79 Å². The van der Waals surface area contributed by atoms with Crippen LogP contribution in [0.15, 0.2) is 24.3 Å². The smallest absolute Gasteiger partial charge is 0.387 e. The summed E-state index contributed by atoms with van der Waals surface area (Å²) in [6.07, 6.45) is 1.76. The predicted octanol–water partition coefficient (Wildman–Crippen LogP) is 1.90. The van der Waals surface area contributed by atoms with Crippen molar-refractivity contribution in [1.82, 2.24) is 9.80 Å². The fourth-order valence-corrected chi connectivity index (χ4v) is 2.44. The highest BCUT2D eigenvalue weighted by Crippen LogP contribution is 2.30. The van der Waals surface area contributed by atoms with Crippen molar-refractivity contribution in [3.8, 4) is 5.75 Å². The zero-order valence-electron chi connectivity index (χ0n) is 12.1. The van der Waals surface area contributed by atoms with Crippen LogP contribution in [-0.4, -0.2) is 53.3 Å². The van der Waals surface area contributed by atoms with Gasteiger partial charge in [0.15, 0.2) is 5.78 Å². The first kappa shape index (κ1) is 15.4. The first-order valence-electron chi connectivity index (χ1n) is 7.15. The van der Waals surface area contributed by atoms with Crippen LogP contribution in [0.4, 0.5) is 13.6 Å². The van der Waals surface area contributed by atoms with E-state index >= 15 is 0 Å². The Morgan fingerprint density at radius 2 is 1.87 bits per heavy atom. The third-order valence-electron chi connectivity index (χ3n) is 3.77. The maximum atomic E-state index is 12.2. The van der Waals surface area contributed by atoms with E-state index in [1.807, 2.05) is 0 Å². The van der Waals surface area contributed by atoms with Gasteiger partial charge in [0.05, 0.1) is 6.54 Å². The molecule has 1 heterocycles. The molecule has 1 aromatic carbocycles. The van der Waals surface area contributed by atoms with Crippen LogP contribution in [-0.2, 0) is 4.79 Å². The number of imide groups is 1. The summed E-state index contributed by atoms with van der Waals surface area (Å²) in [6.45, 7) is -3.28. The molecule has 0 N–H and O–H groups in total. The number of alkyl halides is 2. The Hall–Kier alpha value is -2.51. The van der Waals surface area contributed by atoms with E-state index in [1.54, 1.807) is 0 Å². The van der Waals surface area contributed by atoms with Gasteiger partial charge in [-0.2, -0.15) is 8.78 Å². The molecule has 0 bridgehead atoms. The molecule has 0 unspecified atom stereocenters. The predicted molar refractivity (Wildman–Crippen MR) is 74.2 cm³/mol. The standard InChI is InChI=1S/C15H14F2N2O4/c16-14(17)23-11-5-1-9(2-6-11)12(20)7-19-13(21)8-18(15(19)22)10-3-4-10/h1-2,5-6,10,14H,3-4,7-8H2. The number of rotatable bonds is 6. The van der Waals surface area contributed by atoms with Crippen LogP contribution in [0.2, 0.25) is 0 Å². The molecule has 0 aromatic heterocycles. The van der Waals surface area contributed by atoms with Gasteiger partial charge < -0.3 is 9.64 Å². The van der Waals surface area contributed by atoms with E-state index < -0.39 is 24.3 Å². The molecule has 8 heteroatoms. The number of halogens is 2. The maximum Gasteiger partial charge on any atom is 0.387 e. The van der Waals surface area contributed by atoms with E-state index in [0.717, 1.165) is 17.7 Å². The second kappa shape index (κ2) is 5.94. The van der Waals surface area contributed by atoms with Crippen molar-refractivity contribution in [1.29, 1.82) is 0 Å². The van der Waals surface area contributed by atoms with Gasteiger partial charge in [-0.1, -0.05) is 0 Å². The first-order chi connectivity index (χ1) is 11.0. The zero-order chi connectivity index (χ0) is 16.6. The van der Waals surface area contributed by atoms with Crippen molar-refractivity contribution in [2.24, 2.45) is 0 Å². The Kier molecular flexibility index (Phi) is 3.97. The Labute approximate surface area is 130 Å². The Morgan fingerprint density at radius 1 is 1.22 bits per heavy atom. The minimum atomic E-state index is -2.94. The summed E-state index contributed by atoms with van der Waals surface area (Å²) in [6, 6.07) is 4.79. The topological polar surface area (TPSA) is 66.9 Å². The number of carbonyl (C=O) groups excluding carboxylic acids is 3. The monoisotopic (exact) mass is 324 g/mol. The van der Waals surface area contributed by atoms with E-state index in [1.165, 1.54) is 29.2 Å². The molecular weight excluding hydrogens is 310 g/mol. The number of ether oxygens (including phenoxy) is 1. The second-order valence-electron chi connectivity index (χ2n) is 5.45. The van der Waals surface area contributed by atoms with Gasteiger partial charge in [-0.15, -0.1) is 0 Å². The van der Waals surface area contributed by atoms with Crippen LogP contribution >= 0.6 is 0 Å². The molecule has 23 heavy (non-hydrogen) atoms. The number of hydrogen-bond donors (Lipinski definition) is 0. The van der Waals surface area contributed by atoms with Crippen LogP contribution in [0.25, 0.3) is 0 Å². The molecule has 6 nitrogen and oxygen atoms in total. The van der Waals surface area contributed by atoms with E-state index in [9.17, 15) is 23.2 Å². The van der Waals surface area contributed by atoms with E-state index in [-0.39, 0.29) is 30.4 Å². The van der Waals surface area contributed by atoms with Crippen LogP contribution in [0, 0.1) is 0 Å². The minimum Gasteiger partial charge on any atom is -0.435 e. The average Bonchev–Trinajstić information content (AvgIpc) is 3.30. The third-order valence-corrected chi connectivity index (χ3v) is 3.77. The largest absolute Gasteiger partial charge is 0.435 e. The summed E-state index contributed by atoms with van der Waals surface area (Å²) in [5.41, 5.74) is 0.220. The molecule has 1 aromatic rings. The van der Waals surface area contributed by atoms with Crippen molar-refractivity contribution in [2.45, 2.75) is 25.5 Å². The third kappa shape index (κ3) is 3.30. The molecule has 2 fully saturated rings. The van der Waals surface area contributed by atoms with Crippen LogP contribution in [0.5, 0.6) is 5.75 Å². The number of ketones is 1. The summed E-state index contributed by atoms with van der Waals surface area (Å²) >= 11 is 0. The molecule has 3 rings (SSSR count). The molecule has 1 aliphatic carbocycles. The van der Waals surface area contributed by atoms with Gasteiger partial charge in [0.2, 0.25) is 0 Å². The van der Waals surface area contributed by atoms with Gasteiger partial charge in [0, 0.05) is 11.6 Å². The lowest BCUT2D eigenvalue weighted by Gasteiger charge is -2.15. The van der Waals surface area contributed by atoms with Crippen molar-refractivity contribution in [2.75, 3.05) is 13.1 Å².